The van der Waals surface area contributed by atoms with Crippen molar-refractivity contribution >= 4 is 11.7 Å². The Balaban J connectivity index is 1.80. The van der Waals surface area contributed by atoms with E-state index in [1.54, 1.807) is 6.20 Å². The number of aromatic carboxylic acids is 1. The highest BCUT2D eigenvalue weighted by Gasteiger charge is 2.52. The Bertz CT molecular complexity index is 800. The molecular formula is C17H20N4O2. The van der Waals surface area contributed by atoms with Crippen molar-refractivity contribution in [2.75, 3.05) is 25.5 Å². The van der Waals surface area contributed by atoms with Crippen LogP contribution in [0.25, 0.3) is 11.3 Å². The van der Waals surface area contributed by atoms with Gasteiger partial charge in [0.25, 0.3) is 0 Å². The summed E-state index contributed by atoms with van der Waals surface area (Å²) >= 11 is 0. The van der Waals surface area contributed by atoms with Crippen molar-refractivity contribution in [1.29, 1.82) is 0 Å². The van der Waals surface area contributed by atoms with E-state index < -0.39 is 5.97 Å². The lowest BCUT2D eigenvalue weighted by atomic mass is 9.81. The molecule has 2 aliphatic rings. The molecule has 6 heteroatoms. The maximum absolute atomic E-state index is 11.0. The number of likely N-dealkylation sites (tertiary alicyclic amines) is 1. The number of carboxylic acid groups (broad SMARTS) is 1. The van der Waals surface area contributed by atoms with Crippen LogP contribution in [0, 0.1) is 0 Å². The summed E-state index contributed by atoms with van der Waals surface area (Å²) in [7, 11) is 4.32. The van der Waals surface area contributed by atoms with Crippen LogP contribution in [-0.4, -0.2) is 52.7 Å². The average Bonchev–Trinajstić information content (AvgIpc) is 3.17. The van der Waals surface area contributed by atoms with Crippen LogP contribution in [0.15, 0.2) is 24.4 Å². The van der Waals surface area contributed by atoms with Crippen molar-refractivity contribution in [1.82, 2.24) is 14.9 Å². The summed E-state index contributed by atoms with van der Waals surface area (Å²) in [4.78, 5) is 22.6. The van der Waals surface area contributed by atoms with Crippen LogP contribution >= 0.6 is 0 Å². The maximum Gasteiger partial charge on any atom is 0.371 e. The fraction of sp³-hybridized carbons (Fsp3) is 0.412. The van der Waals surface area contributed by atoms with Crippen molar-refractivity contribution in [2.45, 2.75) is 24.9 Å². The molecule has 1 fully saturated rings. The zero-order valence-corrected chi connectivity index (χ0v) is 13.5. The first-order chi connectivity index (χ1) is 10.9. The average molecular weight is 312 g/mol. The van der Waals surface area contributed by atoms with Crippen LogP contribution in [0.2, 0.25) is 0 Å². The second-order valence-electron chi connectivity index (χ2n) is 6.82. The number of H-pyrrole nitrogens is 1. The van der Waals surface area contributed by atoms with Gasteiger partial charge in [-0.25, -0.2) is 9.78 Å². The minimum atomic E-state index is -1.04. The number of rotatable bonds is 2. The lowest BCUT2D eigenvalue weighted by Gasteiger charge is -2.32. The van der Waals surface area contributed by atoms with Crippen molar-refractivity contribution in [2.24, 2.45) is 0 Å². The van der Waals surface area contributed by atoms with Crippen LogP contribution in [0.5, 0.6) is 0 Å². The molecule has 0 saturated carbocycles. The maximum atomic E-state index is 11.0. The first-order valence-electron chi connectivity index (χ1n) is 7.78. The molecule has 6 nitrogen and oxygen atoms in total. The van der Waals surface area contributed by atoms with Gasteiger partial charge >= 0.3 is 5.97 Å². The van der Waals surface area contributed by atoms with Gasteiger partial charge in [-0.2, -0.15) is 0 Å². The second-order valence-corrected chi connectivity index (χ2v) is 6.82. The molecule has 2 N–H and O–H groups in total. The number of nitrogens with one attached hydrogen (secondary N) is 1. The Kier molecular flexibility index (Phi) is 2.84. The van der Waals surface area contributed by atoms with Gasteiger partial charge in [0, 0.05) is 30.3 Å². The van der Waals surface area contributed by atoms with E-state index >= 15 is 0 Å². The van der Waals surface area contributed by atoms with E-state index in [9.17, 15) is 4.79 Å². The third-order valence-corrected chi connectivity index (χ3v) is 5.42. The van der Waals surface area contributed by atoms with E-state index in [2.05, 4.69) is 52.9 Å². The van der Waals surface area contributed by atoms with Crippen molar-refractivity contribution < 1.29 is 9.90 Å². The SMILES string of the molecule is CN1CC[C@@]2(C)c3cc(-c4cnc(C(=O)O)[nH]4)ccc3N(C)[C@@H]12. The number of imidazole rings is 1. The third-order valence-electron chi connectivity index (χ3n) is 5.42. The molecule has 2 atom stereocenters. The molecule has 23 heavy (non-hydrogen) atoms. The summed E-state index contributed by atoms with van der Waals surface area (Å²) in [6.07, 6.45) is 3.09. The predicted octanol–water partition coefficient (Wildman–Crippen LogP) is 2.14. The largest absolute Gasteiger partial charge is 0.475 e. The normalized spacial score (nSPS) is 26.4. The number of aromatic nitrogens is 2. The number of hydrogen-bond donors (Lipinski definition) is 2. The first-order valence-corrected chi connectivity index (χ1v) is 7.78. The molecule has 0 bridgehead atoms. The number of aromatic amines is 1. The quantitative estimate of drug-likeness (QED) is 0.889. The van der Waals surface area contributed by atoms with E-state index in [4.69, 9.17) is 5.11 Å². The van der Waals surface area contributed by atoms with E-state index in [1.807, 2.05) is 6.07 Å². The molecule has 2 aliphatic heterocycles. The zero-order chi connectivity index (χ0) is 16.4. The van der Waals surface area contributed by atoms with Gasteiger partial charge in [-0.15, -0.1) is 0 Å². The number of nitrogens with zero attached hydrogens (tertiary/aromatic N) is 3. The molecule has 0 radical (unpaired) electrons. The fourth-order valence-corrected chi connectivity index (χ4v) is 4.32. The van der Waals surface area contributed by atoms with E-state index in [1.165, 1.54) is 11.3 Å². The number of benzene rings is 1. The van der Waals surface area contributed by atoms with Crippen molar-refractivity contribution in [3.8, 4) is 11.3 Å². The molecule has 4 rings (SSSR count). The number of hydrogen-bond acceptors (Lipinski definition) is 4. The third kappa shape index (κ3) is 1.84. The van der Waals surface area contributed by atoms with E-state index in [0.717, 1.165) is 24.2 Å². The minimum absolute atomic E-state index is 0.0256. The fourth-order valence-electron chi connectivity index (χ4n) is 4.32. The first kappa shape index (κ1) is 14.3. The van der Waals surface area contributed by atoms with Crippen LogP contribution in [0.1, 0.15) is 29.5 Å². The highest BCUT2D eigenvalue weighted by atomic mass is 16.4. The summed E-state index contributed by atoms with van der Waals surface area (Å²) in [6.45, 7) is 3.41. The van der Waals surface area contributed by atoms with E-state index in [-0.39, 0.29) is 11.2 Å². The summed E-state index contributed by atoms with van der Waals surface area (Å²) in [6, 6.07) is 6.34. The zero-order valence-electron chi connectivity index (χ0n) is 13.5. The van der Waals surface area contributed by atoms with Gasteiger partial charge in [-0.05, 0) is 31.2 Å². The smallest absolute Gasteiger partial charge is 0.371 e. The second kappa shape index (κ2) is 4.58. The van der Waals surface area contributed by atoms with Gasteiger partial charge in [0.05, 0.1) is 18.1 Å². The van der Waals surface area contributed by atoms with Gasteiger partial charge in [-0.3, -0.25) is 4.90 Å². The van der Waals surface area contributed by atoms with Crippen molar-refractivity contribution in [3.05, 3.63) is 35.8 Å². The summed E-state index contributed by atoms with van der Waals surface area (Å²) < 4.78 is 0. The molecular weight excluding hydrogens is 292 g/mol. The molecule has 2 aromatic rings. The molecule has 0 spiro atoms. The van der Waals surface area contributed by atoms with Crippen LogP contribution in [0.3, 0.4) is 0 Å². The lowest BCUT2D eigenvalue weighted by Crippen LogP contribution is -2.45. The van der Waals surface area contributed by atoms with Crippen LogP contribution in [-0.2, 0) is 5.41 Å². The number of carboxylic acids is 1. The Morgan fingerprint density at radius 3 is 2.91 bits per heavy atom. The Morgan fingerprint density at radius 2 is 2.22 bits per heavy atom. The van der Waals surface area contributed by atoms with Crippen molar-refractivity contribution in [3.63, 3.8) is 0 Å². The molecule has 1 aromatic heterocycles. The predicted molar refractivity (Wildman–Crippen MR) is 87.8 cm³/mol. The molecule has 0 amide bonds. The van der Waals surface area contributed by atoms with Gasteiger partial charge in [0.2, 0.25) is 5.82 Å². The van der Waals surface area contributed by atoms with Gasteiger partial charge < -0.3 is 15.0 Å². The molecule has 0 unspecified atom stereocenters. The number of carbonyl (C=O) groups is 1. The topological polar surface area (TPSA) is 72.5 Å². The monoisotopic (exact) mass is 312 g/mol. The molecule has 120 valence electrons. The standard InChI is InChI=1S/C17H20N4O2/c1-17-6-7-20(2)16(17)21(3)13-5-4-10(8-11(13)17)12-9-18-14(19-12)15(22)23/h4-5,8-9,16H,6-7H2,1-3H3,(H,18,19)(H,22,23)/t16-,17+/m1/s1. The summed E-state index contributed by atoms with van der Waals surface area (Å²) in [5.74, 6) is -1.07. The van der Waals surface area contributed by atoms with Crippen LogP contribution in [0.4, 0.5) is 5.69 Å². The van der Waals surface area contributed by atoms with E-state index in [0.29, 0.717) is 6.17 Å². The molecule has 0 aliphatic carbocycles. The number of anilines is 1. The Hall–Kier alpha value is -2.34. The minimum Gasteiger partial charge on any atom is -0.475 e. The lowest BCUT2D eigenvalue weighted by molar-refractivity contribution is 0.0685. The molecule has 1 saturated heterocycles. The highest BCUT2D eigenvalue weighted by molar-refractivity contribution is 5.84. The summed E-state index contributed by atoms with van der Waals surface area (Å²) in [5.41, 5.74) is 4.41. The summed E-state index contributed by atoms with van der Waals surface area (Å²) in [5, 5.41) is 9.02. The van der Waals surface area contributed by atoms with Crippen LogP contribution < -0.4 is 4.90 Å². The van der Waals surface area contributed by atoms with Gasteiger partial charge in [0.1, 0.15) is 0 Å². The number of fused-ring (bicyclic) bond motifs is 3. The number of likely N-dealkylation sites (N-methyl/N-ethyl adjacent to an activating group) is 2. The Labute approximate surface area is 134 Å². The van der Waals surface area contributed by atoms with Gasteiger partial charge in [-0.1, -0.05) is 13.0 Å². The Morgan fingerprint density at radius 1 is 1.43 bits per heavy atom. The molecule has 1 aromatic carbocycles. The molecule has 3 heterocycles. The highest BCUT2D eigenvalue weighted by Crippen LogP contribution is 2.51. The van der Waals surface area contributed by atoms with Gasteiger partial charge in [0.15, 0.2) is 0 Å².